The topological polar surface area (TPSA) is 56.2 Å². The van der Waals surface area contributed by atoms with E-state index in [9.17, 15) is 4.79 Å². The number of nitrogens with zero attached hydrogens (tertiary/aromatic N) is 2. The van der Waals surface area contributed by atoms with Gasteiger partial charge >= 0.3 is 0 Å². The molecule has 0 aliphatic heterocycles. The van der Waals surface area contributed by atoms with Gasteiger partial charge in [0.05, 0.1) is 11.0 Å². The van der Waals surface area contributed by atoms with Crippen molar-refractivity contribution in [2.75, 3.05) is 13.2 Å². The van der Waals surface area contributed by atoms with Gasteiger partial charge in [0.15, 0.2) is 6.61 Å². The summed E-state index contributed by atoms with van der Waals surface area (Å²) in [4.78, 5) is 17.2. The van der Waals surface area contributed by atoms with Crippen LogP contribution in [-0.4, -0.2) is 28.6 Å². The standard InChI is InChI=1S/C32H39N3O2/c1-22-14-15-24(3)30(19-22)37-21-32(36)33-16-10-6-7-13-31-34-28-11-8-9-12-29(28)35(31)20-27-25(4)17-23(2)18-26(27)5/h8-9,11-12,14-15,17-19H,6-7,10,13,16,20-21H2,1-5H3,(H,33,36). The van der Waals surface area contributed by atoms with Crippen LogP contribution in [0, 0.1) is 34.6 Å². The zero-order chi connectivity index (χ0) is 26.4. The number of amides is 1. The lowest BCUT2D eigenvalue weighted by molar-refractivity contribution is -0.123. The van der Waals surface area contributed by atoms with E-state index in [1.807, 2.05) is 32.0 Å². The first kappa shape index (κ1) is 26.5. The Kier molecular flexibility index (Phi) is 8.65. The number of aromatic nitrogens is 2. The normalized spacial score (nSPS) is 11.2. The lowest BCUT2D eigenvalue weighted by Gasteiger charge is -2.15. The number of carbonyl (C=O) groups is 1. The summed E-state index contributed by atoms with van der Waals surface area (Å²) >= 11 is 0. The Morgan fingerprint density at radius 1 is 0.865 bits per heavy atom. The third-order valence-corrected chi connectivity index (χ3v) is 6.99. The molecule has 0 bridgehead atoms. The van der Waals surface area contributed by atoms with Crippen LogP contribution in [0.5, 0.6) is 5.75 Å². The fourth-order valence-corrected chi connectivity index (χ4v) is 4.98. The molecule has 0 aliphatic rings. The van der Waals surface area contributed by atoms with Crippen molar-refractivity contribution >= 4 is 16.9 Å². The Morgan fingerprint density at radius 3 is 2.41 bits per heavy atom. The van der Waals surface area contributed by atoms with Gasteiger partial charge in [0, 0.05) is 19.5 Å². The number of para-hydroxylation sites is 2. The van der Waals surface area contributed by atoms with Crippen molar-refractivity contribution in [3.63, 3.8) is 0 Å². The van der Waals surface area contributed by atoms with Crippen molar-refractivity contribution in [2.45, 2.75) is 66.8 Å². The van der Waals surface area contributed by atoms with Gasteiger partial charge in [-0.05, 0) is 93.5 Å². The minimum Gasteiger partial charge on any atom is -0.483 e. The van der Waals surface area contributed by atoms with Crippen LogP contribution in [-0.2, 0) is 17.8 Å². The number of unbranched alkanes of at least 4 members (excludes halogenated alkanes) is 2. The highest BCUT2D eigenvalue weighted by Gasteiger charge is 2.13. The van der Waals surface area contributed by atoms with Crippen LogP contribution in [0.1, 0.15) is 58.5 Å². The van der Waals surface area contributed by atoms with Gasteiger partial charge < -0.3 is 14.6 Å². The summed E-state index contributed by atoms with van der Waals surface area (Å²) < 4.78 is 8.09. The zero-order valence-corrected chi connectivity index (χ0v) is 22.9. The number of ether oxygens (including phenoxy) is 1. The molecule has 1 amide bonds. The first-order chi connectivity index (χ1) is 17.8. The number of hydrogen-bond donors (Lipinski definition) is 1. The van der Waals surface area contributed by atoms with Gasteiger partial charge in [-0.2, -0.15) is 0 Å². The highest BCUT2D eigenvalue weighted by molar-refractivity contribution is 5.77. The van der Waals surface area contributed by atoms with Crippen molar-refractivity contribution < 1.29 is 9.53 Å². The van der Waals surface area contributed by atoms with Crippen molar-refractivity contribution in [2.24, 2.45) is 0 Å². The SMILES string of the molecule is Cc1cc(C)c(Cn2c(CCCCCNC(=O)COc3cc(C)ccc3C)nc3ccccc32)c(C)c1. The Bertz CT molecular complexity index is 1360. The van der Waals surface area contributed by atoms with Gasteiger partial charge in [-0.3, -0.25) is 4.79 Å². The van der Waals surface area contributed by atoms with Crippen LogP contribution in [0.3, 0.4) is 0 Å². The predicted molar refractivity (Wildman–Crippen MR) is 151 cm³/mol. The molecule has 0 saturated heterocycles. The van der Waals surface area contributed by atoms with E-state index >= 15 is 0 Å². The van der Waals surface area contributed by atoms with E-state index in [-0.39, 0.29) is 12.5 Å². The minimum atomic E-state index is -0.0773. The second kappa shape index (κ2) is 12.1. The lowest BCUT2D eigenvalue weighted by atomic mass is 9.99. The molecule has 0 atom stereocenters. The molecule has 0 unspecified atom stereocenters. The molecule has 37 heavy (non-hydrogen) atoms. The number of nitrogens with one attached hydrogen (secondary N) is 1. The van der Waals surface area contributed by atoms with Gasteiger partial charge in [-0.25, -0.2) is 4.98 Å². The maximum absolute atomic E-state index is 12.2. The molecule has 194 valence electrons. The van der Waals surface area contributed by atoms with E-state index in [0.29, 0.717) is 6.54 Å². The van der Waals surface area contributed by atoms with Gasteiger partial charge in [-0.1, -0.05) is 48.4 Å². The molecule has 3 aromatic carbocycles. The summed E-state index contributed by atoms with van der Waals surface area (Å²) in [7, 11) is 0. The van der Waals surface area contributed by atoms with Gasteiger partial charge in [-0.15, -0.1) is 0 Å². The second-order valence-corrected chi connectivity index (χ2v) is 10.2. The first-order valence-corrected chi connectivity index (χ1v) is 13.3. The van der Waals surface area contributed by atoms with Crippen molar-refractivity contribution in [1.82, 2.24) is 14.9 Å². The molecule has 1 N–H and O–H groups in total. The highest BCUT2D eigenvalue weighted by atomic mass is 16.5. The molecule has 0 spiro atoms. The van der Waals surface area contributed by atoms with Crippen LogP contribution < -0.4 is 10.1 Å². The number of imidazole rings is 1. The maximum Gasteiger partial charge on any atom is 0.257 e. The molecule has 4 rings (SSSR count). The minimum absolute atomic E-state index is 0.0478. The largest absolute Gasteiger partial charge is 0.483 e. The molecule has 4 aromatic rings. The van der Waals surface area contributed by atoms with Crippen molar-refractivity contribution in [1.29, 1.82) is 0 Å². The third kappa shape index (κ3) is 6.79. The van der Waals surface area contributed by atoms with Crippen LogP contribution >= 0.6 is 0 Å². The van der Waals surface area contributed by atoms with E-state index < -0.39 is 0 Å². The van der Waals surface area contributed by atoms with E-state index in [2.05, 4.69) is 67.1 Å². The average Bonchev–Trinajstić information content (AvgIpc) is 3.21. The average molecular weight is 498 g/mol. The summed E-state index contributed by atoms with van der Waals surface area (Å²) in [6, 6.07) is 19.0. The Balaban J connectivity index is 1.28. The maximum atomic E-state index is 12.2. The molecule has 5 nitrogen and oxygen atoms in total. The molecule has 1 aromatic heterocycles. The number of hydrogen-bond acceptors (Lipinski definition) is 3. The smallest absolute Gasteiger partial charge is 0.257 e. The summed E-state index contributed by atoms with van der Waals surface area (Å²) in [5.74, 6) is 1.83. The Morgan fingerprint density at radius 2 is 1.62 bits per heavy atom. The zero-order valence-electron chi connectivity index (χ0n) is 22.9. The van der Waals surface area contributed by atoms with E-state index in [4.69, 9.17) is 9.72 Å². The summed E-state index contributed by atoms with van der Waals surface area (Å²) in [5, 5.41) is 2.98. The number of carbonyl (C=O) groups excluding carboxylic acids is 1. The molecule has 0 radical (unpaired) electrons. The second-order valence-electron chi connectivity index (χ2n) is 10.2. The molecule has 5 heteroatoms. The number of rotatable bonds is 11. The van der Waals surface area contributed by atoms with E-state index in [1.165, 1.54) is 27.8 Å². The number of fused-ring (bicyclic) bond motifs is 1. The Hall–Kier alpha value is -3.60. The molecular weight excluding hydrogens is 458 g/mol. The molecule has 0 aliphatic carbocycles. The van der Waals surface area contributed by atoms with Crippen molar-refractivity contribution in [3.8, 4) is 5.75 Å². The number of benzene rings is 3. The van der Waals surface area contributed by atoms with Crippen LogP contribution in [0.15, 0.2) is 54.6 Å². The molecule has 1 heterocycles. The summed E-state index contributed by atoms with van der Waals surface area (Å²) in [6.45, 7) is 12.1. The third-order valence-electron chi connectivity index (χ3n) is 6.99. The van der Waals surface area contributed by atoms with Gasteiger partial charge in [0.2, 0.25) is 0 Å². The van der Waals surface area contributed by atoms with Gasteiger partial charge in [0.25, 0.3) is 5.91 Å². The fourth-order valence-electron chi connectivity index (χ4n) is 4.98. The monoisotopic (exact) mass is 497 g/mol. The van der Waals surface area contributed by atoms with Crippen LogP contribution in [0.4, 0.5) is 0 Å². The van der Waals surface area contributed by atoms with Crippen LogP contribution in [0.2, 0.25) is 0 Å². The van der Waals surface area contributed by atoms with Crippen LogP contribution in [0.25, 0.3) is 11.0 Å². The molecule has 0 fully saturated rings. The molecule has 0 saturated carbocycles. The summed E-state index contributed by atoms with van der Waals surface area (Å²) in [6.07, 6.45) is 3.92. The van der Waals surface area contributed by atoms with Gasteiger partial charge in [0.1, 0.15) is 11.6 Å². The number of aryl methyl sites for hydroxylation is 6. The van der Waals surface area contributed by atoms with E-state index in [1.54, 1.807) is 0 Å². The Labute approximate surface area is 220 Å². The lowest BCUT2D eigenvalue weighted by Crippen LogP contribution is -2.29. The molecular formula is C32H39N3O2. The first-order valence-electron chi connectivity index (χ1n) is 13.3. The van der Waals surface area contributed by atoms with Crippen molar-refractivity contribution in [3.05, 3.63) is 93.8 Å². The predicted octanol–water partition coefficient (Wildman–Crippen LogP) is 6.53. The van der Waals surface area contributed by atoms with E-state index in [0.717, 1.165) is 60.4 Å². The highest BCUT2D eigenvalue weighted by Crippen LogP contribution is 2.23. The quantitative estimate of drug-likeness (QED) is 0.240. The summed E-state index contributed by atoms with van der Waals surface area (Å²) in [5.41, 5.74) is 9.75. The fraction of sp³-hybridized carbons (Fsp3) is 0.375.